The molecule has 0 spiro atoms. The summed E-state index contributed by atoms with van der Waals surface area (Å²) in [5, 5.41) is 2.89. The van der Waals surface area contributed by atoms with Crippen LogP contribution in [0.15, 0.2) is 54.6 Å². The molecule has 21 heavy (non-hydrogen) atoms. The number of ether oxygens (including phenoxy) is 2. The number of rotatable bonds is 7. The Morgan fingerprint density at radius 3 is 2.38 bits per heavy atom. The summed E-state index contributed by atoms with van der Waals surface area (Å²) in [5.41, 5.74) is 1.69. The highest BCUT2D eigenvalue weighted by atomic mass is 16.5. The molecule has 2 aromatic carbocycles. The van der Waals surface area contributed by atoms with Crippen molar-refractivity contribution in [1.29, 1.82) is 0 Å². The van der Waals surface area contributed by atoms with Gasteiger partial charge in [-0.25, -0.2) is 0 Å². The second-order valence-corrected chi connectivity index (χ2v) is 4.53. The molecule has 0 aliphatic heterocycles. The molecule has 0 heterocycles. The lowest BCUT2D eigenvalue weighted by molar-refractivity contribution is 0.0951. The lowest BCUT2D eigenvalue weighted by Gasteiger charge is -2.07. The van der Waals surface area contributed by atoms with Gasteiger partial charge in [-0.3, -0.25) is 4.79 Å². The maximum absolute atomic E-state index is 12.0. The van der Waals surface area contributed by atoms with Crippen molar-refractivity contribution in [2.75, 3.05) is 20.3 Å². The van der Waals surface area contributed by atoms with E-state index < -0.39 is 0 Å². The van der Waals surface area contributed by atoms with E-state index in [1.165, 1.54) is 0 Å². The highest BCUT2D eigenvalue weighted by molar-refractivity contribution is 5.94. The van der Waals surface area contributed by atoms with Crippen molar-refractivity contribution < 1.29 is 14.3 Å². The average Bonchev–Trinajstić information content (AvgIpc) is 2.54. The molecule has 1 N–H and O–H groups in total. The van der Waals surface area contributed by atoms with Crippen LogP contribution in [-0.2, 0) is 11.3 Å². The zero-order chi connectivity index (χ0) is 14.9. The summed E-state index contributed by atoms with van der Waals surface area (Å²) >= 11 is 0. The van der Waals surface area contributed by atoms with Crippen molar-refractivity contribution in [1.82, 2.24) is 5.32 Å². The zero-order valence-electron chi connectivity index (χ0n) is 12.0. The maximum atomic E-state index is 12.0. The van der Waals surface area contributed by atoms with Gasteiger partial charge in [0.15, 0.2) is 0 Å². The molecular formula is C17H19NO3. The second-order valence-electron chi connectivity index (χ2n) is 4.53. The van der Waals surface area contributed by atoms with E-state index in [0.717, 1.165) is 11.3 Å². The largest absolute Gasteiger partial charge is 0.491 e. The minimum atomic E-state index is -0.0951. The van der Waals surface area contributed by atoms with Crippen LogP contribution in [-0.4, -0.2) is 26.2 Å². The van der Waals surface area contributed by atoms with Gasteiger partial charge >= 0.3 is 0 Å². The van der Waals surface area contributed by atoms with E-state index in [4.69, 9.17) is 9.47 Å². The van der Waals surface area contributed by atoms with Crippen LogP contribution in [0.5, 0.6) is 5.75 Å². The minimum Gasteiger partial charge on any atom is -0.491 e. The summed E-state index contributed by atoms with van der Waals surface area (Å²) < 4.78 is 10.4. The first-order chi connectivity index (χ1) is 10.3. The molecule has 0 aliphatic rings. The first-order valence-electron chi connectivity index (χ1n) is 6.83. The fourth-order valence-corrected chi connectivity index (χ4v) is 1.83. The Bertz CT molecular complexity index is 552. The fraction of sp³-hybridized carbons (Fsp3) is 0.235. The van der Waals surface area contributed by atoms with Gasteiger partial charge in [-0.15, -0.1) is 0 Å². The quantitative estimate of drug-likeness (QED) is 0.796. The molecule has 0 atom stereocenters. The van der Waals surface area contributed by atoms with Gasteiger partial charge < -0.3 is 14.8 Å². The highest BCUT2D eigenvalue weighted by Crippen LogP contribution is 2.12. The monoisotopic (exact) mass is 285 g/mol. The van der Waals surface area contributed by atoms with Crippen LogP contribution in [0.4, 0.5) is 0 Å². The molecule has 0 aromatic heterocycles. The van der Waals surface area contributed by atoms with E-state index in [1.807, 2.05) is 30.3 Å². The molecule has 2 aromatic rings. The van der Waals surface area contributed by atoms with E-state index in [1.54, 1.807) is 31.4 Å². The number of benzene rings is 2. The van der Waals surface area contributed by atoms with E-state index in [-0.39, 0.29) is 5.91 Å². The number of carbonyl (C=O) groups is 1. The van der Waals surface area contributed by atoms with E-state index in [2.05, 4.69) is 5.32 Å². The standard InChI is InChI=1S/C17H19NO3/c1-20-11-12-21-16-9-7-15(8-10-16)17(19)18-13-14-5-3-2-4-6-14/h2-10H,11-13H2,1H3,(H,18,19). The average molecular weight is 285 g/mol. The summed E-state index contributed by atoms with van der Waals surface area (Å²) in [7, 11) is 1.63. The topological polar surface area (TPSA) is 47.6 Å². The lowest BCUT2D eigenvalue weighted by Crippen LogP contribution is -2.22. The van der Waals surface area contributed by atoms with Gasteiger partial charge in [0, 0.05) is 19.2 Å². The lowest BCUT2D eigenvalue weighted by atomic mass is 10.2. The normalized spacial score (nSPS) is 10.1. The van der Waals surface area contributed by atoms with E-state index in [0.29, 0.717) is 25.3 Å². The third-order valence-electron chi connectivity index (χ3n) is 2.97. The summed E-state index contributed by atoms with van der Waals surface area (Å²) in [5.74, 6) is 0.633. The van der Waals surface area contributed by atoms with Crippen molar-refractivity contribution in [2.24, 2.45) is 0 Å². The Kier molecular flexibility index (Phi) is 5.79. The van der Waals surface area contributed by atoms with Crippen LogP contribution in [0.1, 0.15) is 15.9 Å². The third kappa shape index (κ3) is 4.93. The SMILES string of the molecule is COCCOc1ccc(C(=O)NCc2ccccc2)cc1. The molecule has 2 rings (SSSR count). The molecular weight excluding hydrogens is 266 g/mol. The molecule has 0 saturated carbocycles. The fourth-order valence-electron chi connectivity index (χ4n) is 1.83. The van der Waals surface area contributed by atoms with E-state index >= 15 is 0 Å². The Morgan fingerprint density at radius 2 is 1.71 bits per heavy atom. The van der Waals surface area contributed by atoms with Gasteiger partial charge in [0.2, 0.25) is 0 Å². The van der Waals surface area contributed by atoms with Crippen LogP contribution in [0, 0.1) is 0 Å². The first-order valence-corrected chi connectivity index (χ1v) is 6.83. The van der Waals surface area contributed by atoms with Gasteiger partial charge in [0.05, 0.1) is 6.61 Å². The number of hydrogen-bond donors (Lipinski definition) is 1. The molecule has 0 saturated heterocycles. The number of methoxy groups -OCH3 is 1. The molecule has 4 nitrogen and oxygen atoms in total. The summed E-state index contributed by atoms with van der Waals surface area (Å²) in [6.45, 7) is 1.56. The van der Waals surface area contributed by atoms with Gasteiger partial charge in [-0.1, -0.05) is 30.3 Å². The molecule has 0 aliphatic carbocycles. The minimum absolute atomic E-state index is 0.0951. The van der Waals surface area contributed by atoms with Crippen molar-refractivity contribution >= 4 is 5.91 Å². The molecule has 4 heteroatoms. The zero-order valence-corrected chi connectivity index (χ0v) is 12.0. The van der Waals surface area contributed by atoms with Crippen LogP contribution in [0.3, 0.4) is 0 Å². The van der Waals surface area contributed by atoms with Crippen LogP contribution in [0.2, 0.25) is 0 Å². The number of nitrogens with one attached hydrogen (secondary N) is 1. The van der Waals surface area contributed by atoms with Gasteiger partial charge in [-0.05, 0) is 29.8 Å². The second kappa shape index (κ2) is 8.07. The van der Waals surface area contributed by atoms with E-state index in [9.17, 15) is 4.79 Å². The molecule has 110 valence electrons. The predicted octanol–water partition coefficient (Wildman–Crippen LogP) is 2.64. The predicted molar refractivity (Wildman–Crippen MR) is 81.4 cm³/mol. The van der Waals surface area contributed by atoms with Crippen molar-refractivity contribution in [3.05, 3.63) is 65.7 Å². The smallest absolute Gasteiger partial charge is 0.251 e. The summed E-state index contributed by atoms with van der Waals surface area (Å²) in [6, 6.07) is 16.9. The maximum Gasteiger partial charge on any atom is 0.251 e. The van der Waals surface area contributed by atoms with Crippen molar-refractivity contribution in [2.45, 2.75) is 6.54 Å². The van der Waals surface area contributed by atoms with Gasteiger partial charge in [-0.2, -0.15) is 0 Å². The van der Waals surface area contributed by atoms with Crippen LogP contribution in [0.25, 0.3) is 0 Å². The third-order valence-corrected chi connectivity index (χ3v) is 2.97. The number of carbonyl (C=O) groups excluding carboxylic acids is 1. The molecule has 0 radical (unpaired) electrons. The van der Waals surface area contributed by atoms with Crippen LogP contribution >= 0.6 is 0 Å². The highest BCUT2D eigenvalue weighted by Gasteiger charge is 2.05. The van der Waals surface area contributed by atoms with Crippen LogP contribution < -0.4 is 10.1 Å². The Morgan fingerprint density at radius 1 is 1.00 bits per heavy atom. The van der Waals surface area contributed by atoms with Gasteiger partial charge in [0.25, 0.3) is 5.91 Å². The Labute approximate surface area is 124 Å². The molecule has 0 unspecified atom stereocenters. The Hall–Kier alpha value is -2.33. The number of hydrogen-bond acceptors (Lipinski definition) is 3. The summed E-state index contributed by atoms with van der Waals surface area (Å²) in [6.07, 6.45) is 0. The van der Waals surface area contributed by atoms with Crippen molar-refractivity contribution in [3.63, 3.8) is 0 Å². The molecule has 0 fully saturated rings. The Balaban J connectivity index is 1.85. The molecule has 1 amide bonds. The first kappa shape index (κ1) is 15.1. The summed E-state index contributed by atoms with van der Waals surface area (Å²) in [4.78, 5) is 12.0. The van der Waals surface area contributed by atoms with Crippen molar-refractivity contribution in [3.8, 4) is 5.75 Å². The molecule has 0 bridgehead atoms. The van der Waals surface area contributed by atoms with Gasteiger partial charge in [0.1, 0.15) is 12.4 Å². The number of amides is 1.